The van der Waals surface area contributed by atoms with Crippen LogP contribution in [0, 0.1) is 5.92 Å². The summed E-state index contributed by atoms with van der Waals surface area (Å²) in [5.74, 6) is 0.248. The molecule has 3 atom stereocenters. The Kier molecular flexibility index (Phi) is 10.4. The summed E-state index contributed by atoms with van der Waals surface area (Å²) in [6.45, 7) is 4.34. The highest BCUT2D eigenvalue weighted by Gasteiger charge is 2.32. The van der Waals surface area contributed by atoms with Crippen molar-refractivity contribution in [2.24, 2.45) is 5.92 Å². The summed E-state index contributed by atoms with van der Waals surface area (Å²) in [5.41, 5.74) is 1.82. The highest BCUT2D eigenvalue weighted by atomic mass is 16.5. The summed E-state index contributed by atoms with van der Waals surface area (Å²) in [7, 11) is 1.77. The van der Waals surface area contributed by atoms with Gasteiger partial charge in [-0.25, -0.2) is 9.59 Å². The fraction of sp³-hybridized carbons (Fsp3) is 0.457. The van der Waals surface area contributed by atoms with Crippen molar-refractivity contribution >= 4 is 40.1 Å². The molecule has 1 fully saturated rings. The number of carbonyl (C=O) groups excluding carboxylic acids is 3. The third kappa shape index (κ3) is 8.05. The van der Waals surface area contributed by atoms with Crippen molar-refractivity contribution in [3.05, 3.63) is 66.2 Å². The van der Waals surface area contributed by atoms with Crippen LogP contribution >= 0.6 is 0 Å². The van der Waals surface area contributed by atoms with Gasteiger partial charge in [0, 0.05) is 42.2 Å². The standard InChI is InChI=1S/C35H45N5O5/c1-23-20-40(24(2)22-41)33(42)19-26-18-28(36-34(43)38-30-15-9-11-25-10-7-8-14-29(25)30)16-17-31(26)45-32(23)21-39(3)35(44)37-27-12-5-4-6-13-27/h7-11,14-18,23-24,27,32,41H,4-6,12-13,19-22H2,1-3H3,(H,37,44)(H2,36,38,43)/t23-,24+,32+/m1/s1. The smallest absolute Gasteiger partial charge is 0.323 e. The molecule has 1 aliphatic carbocycles. The summed E-state index contributed by atoms with van der Waals surface area (Å²) >= 11 is 0. The zero-order valence-corrected chi connectivity index (χ0v) is 26.4. The monoisotopic (exact) mass is 615 g/mol. The minimum atomic E-state index is -0.418. The number of carbonyl (C=O) groups is 3. The van der Waals surface area contributed by atoms with Crippen LogP contribution in [0.5, 0.6) is 5.75 Å². The summed E-state index contributed by atoms with van der Waals surface area (Å²) in [6.07, 6.45) is 5.08. The number of nitrogens with one attached hydrogen (secondary N) is 3. The van der Waals surface area contributed by atoms with Crippen LogP contribution in [0.1, 0.15) is 51.5 Å². The lowest BCUT2D eigenvalue weighted by molar-refractivity contribution is -0.134. The number of fused-ring (bicyclic) bond motifs is 2. The van der Waals surface area contributed by atoms with E-state index in [1.165, 1.54) is 6.42 Å². The van der Waals surface area contributed by atoms with Crippen LogP contribution in [-0.4, -0.2) is 77.8 Å². The third-order valence-electron chi connectivity index (χ3n) is 8.95. The highest BCUT2D eigenvalue weighted by Crippen LogP contribution is 2.30. The third-order valence-corrected chi connectivity index (χ3v) is 8.95. The van der Waals surface area contributed by atoms with Gasteiger partial charge in [0.1, 0.15) is 11.9 Å². The SMILES string of the molecule is C[C@@H]1CN([C@@H](C)CO)C(=O)Cc2cc(NC(=O)Nc3cccc4ccccc34)ccc2O[C@H]1CN(C)C(=O)NC1CCCCC1. The highest BCUT2D eigenvalue weighted by molar-refractivity contribution is 6.06. The minimum absolute atomic E-state index is 0.0393. The number of aliphatic hydroxyl groups excluding tert-OH is 1. The second-order valence-corrected chi connectivity index (χ2v) is 12.5. The van der Waals surface area contributed by atoms with Crippen LogP contribution in [0.3, 0.4) is 0 Å². The van der Waals surface area contributed by atoms with Crippen molar-refractivity contribution in [3.63, 3.8) is 0 Å². The van der Waals surface area contributed by atoms with Gasteiger partial charge in [0.2, 0.25) is 5.91 Å². The van der Waals surface area contributed by atoms with E-state index in [0.717, 1.165) is 36.5 Å². The molecular weight excluding hydrogens is 570 g/mol. The maximum Gasteiger partial charge on any atom is 0.323 e. The van der Waals surface area contributed by atoms with Crippen LogP contribution in [-0.2, 0) is 11.2 Å². The molecule has 1 aliphatic heterocycles. The van der Waals surface area contributed by atoms with Crippen molar-refractivity contribution in [3.8, 4) is 5.75 Å². The first-order chi connectivity index (χ1) is 21.7. The molecule has 5 amide bonds. The second-order valence-electron chi connectivity index (χ2n) is 12.5. The Morgan fingerprint density at radius 1 is 1.04 bits per heavy atom. The molecule has 10 heteroatoms. The first kappa shape index (κ1) is 32.1. The molecule has 0 unspecified atom stereocenters. The number of urea groups is 2. The molecule has 0 bridgehead atoms. The van der Waals surface area contributed by atoms with Gasteiger partial charge < -0.3 is 35.6 Å². The molecule has 2 aliphatic rings. The largest absolute Gasteiger partial charge is 0.488 e. The summed E-state index contributed by atoms with van der Waals surface area (Å²) < 4.78 is 6.56. The second kappa shape index (κ2) is 14.6. The molecule has 3 aromatic rings. The lowest BCUT2D eigenvalue weighted by atomic mass is 9.96. The Balaban J connectivity index is 1.35. The number of hydrogen-bond donors (Lipinski definition) is 4. The molecule has 5 rings (SSSR count). The van der Waals surface area contributed by atoms with Gasteiger partial charge in [-0.2, -0.15) is 0 Å². The van der Waals surface area contributed by atoms with E-state index in [0.29, 0.717) is 35.8 Å². The van der Waals surface area contributed by atoms with Crippen LogP contribution in [0.25, 0.3) is 10.8 Å². The Morgan fingerprint density at radius 2 is 1.80 bits per heavy atom. The number of amides is 5. The number of likely N-dealkylation sites (N-methyl/N-ethyl adjacent to an activating group) is 1. The molecule has 0 radical (unpaired) electrons. The molecule has 240 valence electrons. The van der Waals surface area contributed by atoms with Crippen molar-refractivity contribution in [1.82, 2.24) is 15.1 Å². The Morgan fingerprint density at radius 3 is 2.58 bits per heavy atom. The molecule has 45 heavy (non-hydrogen) atoms. The Hall–Kier alpha value is -4.31. The molecule has 0 spiro atoms. The fourth-order valence-electron chi connectivity index (χ4n) is 6.23. The number of rotatable bonds is 7. The molecule has 1 saturated carbocycles. The number of benzene rings is 3. The lowest BCUT2D eigenvalue weighted by Crippen LogP contribution is -2.50. The Labute approximate surface area is 265 Å². The molecule has 0 saturated heterocycles. The minimum Gasteiger partial charge on any atom is -0.488 e. The van der Waals surface area contributed by atoms with E-state index >= 15 is 0 Å². The average Bonchev–Trinajstić information content (AvgIpc) is 3.08. The quantitative estimate of drug-likeness (QED) is 0.275. The number of nitrogens with zero attached hydrogens (tertiary/aromatic N) is 2. The zero-order chi connectivity index (χ0) is 31.9. The Bertz CT molecular complexity index is 1500. The van der Waals surface area contributed by atoms with E-state index in [1.54, 1.807) is 35.0 Å². The first-order valence-electron chi connectivity index (χ1n) is 16.0. The molecule has 1 heterocycles. The van der Waals surface area contributed by atoms with E-state index in [-0.39, 0.29) is 43.0 Å². The number of aliphatic hydroxyl groups is 1. The fourth-order valence-corrected chi connectivity index (χ4v) is 6.23. The van der Waals surface area contributed by atoms with Gasteiger partial charge in [-0.1, -0.05) is 62.6 Å². The summed E-state index contributed by atoms with van der Waals surface area (Å²) in [5, 5.41) is 20.9. The van der Waals surface area contributed by atoms with Crippen molar-refractivity contribution < 1.29 is 24.2 Å². The van der Waals surface area contributed by atoms with E-state index < -0.39 is 12.1 Å². The van der Waals surface area contributed by atoms with Gasteiger partial charge in [-0.3, -0.25) is 4.79 Å². The van der Waals surface area contributed by atoms with Crippen molar-refractivity contribution in [2.75, 3.05) is 37.4 Å². The topological polar surface area (TPSA) is 123 Å². The number of anilines is 2. The van der Waals surface area contributed by atoms with Gasteiger partial charge in [0.05, 0.1) is 31.3 Å². The van der Waals surface area contributed by atoms with E-state index in [2.05, 4.69) is 16.0 Å². The van der Waals surface area contributed by atoms with Crippen LogP contribution in [0.15, 0.2) is 60.7 Å². The van der Waals surface area contributed by atoms with Gasteiger partial charge in [0.25, 0.3) is 0 Å². The number of hydrogen-bond acceptors (Lipinski definition) is 5. The molecule has 3 aromatic carbocycles. The predicted octanol–water partition coefficient (Wildman–Crippen LogP) is 5.61. The molecule has 4 N–H and O–H groups in total. The van der Waals surface area contributed by atoms with E-state index in [4.69, 9.17) is 4.74 Å². The van der Waals surface area contributed by atoms with Crippen LogP contribution in [0.4, 0.5) is 21.0 Å². The van der Waals surface area contributed by atoms with Crippen LogP contribution < -0.4 is 20.7 Å². The zero-order valence-electron chi connectivity index (χ0n) is 26.4. The molecular formula is C35H45N5O5. The van der Waals surface area contributed by atoms with Gasteiger partial charge in [-0.05, 0) is 49.4 Å². The lowest BCUT2D eigenvalue weighted by Gasteiger charge is -2.34. The van der Waals surface area contributed by atoms with Gasteiger partial charge >= 0.3 is 12.1 Å². The predicted molar refractivity (Wildman–Crippen MR) is 177 cm³/mol. The van der Waals surface area contributed by atoms with Gasteiger partial charge in [0.15, 0.2) is 0 Å². The van der Waals surface area contributed by atoms with Gasteiger partial charge in [-0.15, -0.1) is 0 Å². The maximum atomic E-state index is 13.6. The molecule has 0 aromatic heterocycles. The molecule has 10 nitrogen and oxygen atoms in total. The number of ether oxygens (including phenoxy) is 1. The summed E-state index contributed by atoms with van der Waals surface area (Å²) in [4.78, 5) is 43.0. The van der Waals surface area contributed by atoms with Crippen molar-refractivity contribution in [1.29, 1.82) is 0 Å². The maximum absolute atomic E-state index is 13.6. The first-order valence-corrected chi connectivity index (χ1v) is 16.0. The average molecular weight is 616 g/mol. The van der Waals surface area contributed by atoms with E-state index in [9.17, 15) is 19.5 Å². The normalized spacial score (nSPS) is 19.7. The van der Waals surface area contributed by atoms with Crippen LogP contribution in [0.2, 0.25) is 0 Å². The van der Waals surface area contributed by atoms with E-state index in [1.807, 2.05) is 56.3 Å². The van der Waals surface area contributed by atoms with Crippen molar-refractivity contribution in [2.45, 2.75) is 70.6 Å². The summed E-state index contributed by atoms with van der Waals surface area (Å²) in [6, 6.07) is 18.1.